The molecule has 0 aliphatic rings. The minimum atomic E-state index is -0.538. The van der Waals surface area contributed by atoms with E-state index >= 15 is 0 Å². The summed E-state index contributed by atoms with van der Waals surface area (Å²) in [6, 6.07) is 11.3. The molecule has 0 heterocycles. The van der Waals surface area contributed by atoms with E-state index in [1.807, 2.05) is 0 Å². The maximum atomic E-state index is 12.5. The highest BCUT2D eigenvalue weighted by Gasteiger charge is 2.14. The number of ether oxygens (including phenoxy) is 4. The van der Waals surface area contributed by atoms with E-state index in [2.05, 4.69) is 29.8 Å². The Morgan fingerprint density at radius 1 is 0.966 bits per heavy atom. The summed E-state index contributed by atoms with van der Waals surface area (Å²) in [5, 5.41) is 0. The zero-order chi connectivity index (χ0) is 21.2. The van der Waals surface area contributed by atoms with Gasteiger partial charge >= 0.3 is 11.9 Å². The molecule has 0 bridgehead atoms. The van der Waals surface area contributed by atoms with Crippen LogP contribution in [0.1, 0.15) is 41.0 Å². The van der Waals surface area contributed by atoms with Crippen LogP contribution in [0.2, 0.25) is 0 Å². The summed E-state index contributed by atoms with van der Waals surface area (Å²) in [7, 11) is 1.52. The molecular weight excluding hydrogens is 440 g/mol. The van der Waals surface area contributed by atoms with Gasteiger partial charge in [-0.1, -0.05) is 19.9 Å². The standard InChI is InChI=1S/C22H25BrO6/c1-15(2)9-10-27-20-8-7-17(14-19(20)23)22(25)29-18-6-4-5-16(13-18)21(24)28-12-11-26-3/h4-8,13-15H,9-12H2,1-3H3. The van der Waals surface area contributed by atoms with Crippen molar-refractivity contribution in [1.82, 2.24) is 0 Å². The lowest BCUT2D eigenvalue weighted by atomic mass is 10.1. The maximum Gasteiger partial charge on any atom is 0.343 e. The molecule has 0 amide bonds. The number of halogens is 1. The van der Waals surface area contributed by atoms with Crippen LogP contribution in [-0.2, 0) is 9.47 Å². The fourth-order valence-corrected chi connectivity index (χ4v) is 2.80. The van der Waals surface area contributed by atoms with Gasteiger partial charge in [0.15, 0.2) is 0 Å². The Hall–Kier alpha value is -2.38. The second-order valence-corrected chi connectivity index (χ2v) is 7.58. The third-order valence-corrected chi connectivity index (χ3v) is 4.54. The Morgan fingerprint density at radius 2 is 1.72 bits per heavy atom. The molecule has 0 aliphatic heterocycles. The molecule has 7 heteroatoms. The number of esters is 2. The van der Waals surface area contributed by atoms with Gasteiger partial charge in [-0.05, 0) is 64.7 Å². The van der Waals surface area contributed by atoms with Crippen LogP contribution in [0.25, 0.3) is 0 Å². The summed E-state index contributed by atoms with van der Waals surface area (Å²) < 4.78 is 21.7. The average Bonchev–Trinajstić information content (AvgIpc) is 2.69. The Kier molecular flexibility index (Phi) is 9.15. The second kappa shape index (κ2) is 11.6. The van der Waals surface area contributed by atoms with Crippen LogP contribution < -0.4 is 9.47 Å². The number of benzene rings is 2. The predicted octanol–water partition coefficient (Wildman–Crippen LogP) is 4.90. The van der Waals surface area contributed by atoms with Crippen molar-refractivity contribution in [2.45, 2.75) is 20.3 Å². The largest absolute Gasteiger partial charge is 0.492 e. The molecule has 0 unspecified atom stereocenters. The molecular formula is C22H25BrO6. The summed E-state index contributed by atoms with van der Waals surface area (Å²) in [5.41, 5.74) is 0.655. The van der Waals surface area contributed by atoms with Crippen LogP contribution in [-0.4, -0.2) is 38.9 Å². The number of hydrogen-bond acceptors (Lipinski definition) is 6. The SMILES string of the molecule is COCCOC(=O)c1cccc(OC(=O)c2ccc(OCCC(C)C)c(Br)c2)c1. The normalized spacial score (nSPS) is 10.7. The van der Waals surface area contributed by atoms with Gasteiger partial charge < -0.3 is 18.9 Å². The first kappa shape index (κ1) is 22.9. The average molecular weight is 465 g/mol. The van der Waals surface area contributed by atoms with Gasteiger partial charge in [-0.15, -0.1) is 0 Å². The fraction of sp³-hybridized carbons (Fsp3) is 0.364. The van der Waals surface area contributed by atoms with Crippen molar-refractivity contribution < 1.29 is 28.5 Å². The number of carbonyl (C=O) groups excluding carboxylic acids is 2. The minimum absolute atomic E-state index is 0.152. The number of carbonyl (C=O) groups is 2. The first-order chi connectivity index (χ1) is 13.9. The van der Waals surface area contributed by atoms with Crippen LogP contribution in [0, 0.1) is 5.92 Å². The third kappa shape index (κ3) is 7.51. The van der Waals surface area contributed by atoms with Crippen LogP contribution >= 0.6 is 15.9 Å². The van der Waals surface area contributed by atoms with Crippen LogP contribution in [0.4, 0.5) is 0 Å². The summed E-state index contributed by atoms with van der Waals surface area (Å²) >= 11 is 3.42. The molecule has 0 radical (unpaired) electrons. The van der Waals surface area contributed by atoms with Crippen LogP contribution in [0.3, 0.4) is 0 Å². The highest BCUT2D eigenvalue weighted by Crippen LogP contribution is 2.27. The van der Waals surface area contributed by atoms with Crippen LogP contribution in [0.5, 0.6) is 11.5 Å². The highest BCUT2D eigenvalue weighted by atomic mass is 79.9. The number of methoxy groups -OCH3 is 1. The molecule has 0 spiro atoms. The predicted molar refractivity (Wildman–Crippen MR) is 113 cm³/mol. The molecule has 0 saturated carbocycles. The van der Waals surface area contributed by atoms with Crippen molar-refractivity contribution in [3.8, 4) is 11.5 Å². The van der Waals surface area contributed by atoms with Gasteiger partial charge in [0.2, 0.25) is 0 Å². The highest BCUT2D eigenvalue weighted by molar-refractivity contribution is 9.10. The topological polar surface area (TPSA) is 71.1 Å². The number of hydrogen-bond donors (Lipinski definition) is 0. The van der Waals surface area contributed by atoms with E-state index < -0.39 is 11.9 Å². The third-order valence-electron chi connectivity index (χ3n) is 3.92. The zero-order valence-electron chi connectivity index (χ0n) is 16.8. The van der Waals surface area contributed by atoms with E-state index in [1.165, 1.54) is 13.2 Å². The zero-order valence-corrected chi connectivity index (χ0v) is 18.4. The van der Waals surface area contributed by atoms with Crippen molar-refractivity contribution >= 4 is 27.9 Å². The Labute approximate surface area is 179 Å². The molecule has 0 aliphatic carbocycles. The van der Waals surface area contributed by atoms with Gasteiger partial charge in [0.05, 0.1) is 28.8 Å². The quantitative estimate of drug-likeness (QED) is 0.283. The molecule has 2 rings (SSSR count). The molecule has 0 saturated heterocycles. The fourth-order valence-electron chi connectivity index (χ4n) is 2.30. The Bertz CT molecular complexity index is 834. The smallest absolute Gasteiger partial charge is 0.343 e. The van der Waals surface area contributed by atoms with Crippen molar-refractivity contribution in [2.24, 2.45) is 5.92 Å². The molecule has 0 atom stereocenters. The van der Waals surface area contributed by atoms with Crippen LogP contribution in [0.15, 0.2) is 46.9 Å². The van der Waals surface area contributed by atoms with Gasteiger partial charge in [-0.3, -0.25) is 0 Å². The first-order valence-electron chi connectivity index (χ1n) is 9.31. The monoisotopic (exact) mass is 464 g/mol. The summed E-state index contributed by atoms with van der Waals surface area (Å²) in [6.45, 7) is 5.33. The van der Waals surface area contributed by atoms with E-state index in [0.29, 0.717) is 40.5 Å². The van der Waals surface area contributed by atoms with E-state index in [0.717, 1.165) is 6.42 Å². The van der Waals surface area contributed by atoms with E-state index in [-0.39, 0.29) is 12.4 Å². The molecule has 0 aromatic heterocycles. The van der Waals surface area contributed by atoms with Gasteiger partial charge in [0, 0.05) is 7.11 Å². The van der Waals surface area contributed by atoms with Gasteiger partial charge in [-0.2, -0.15) is 0 Å². The second-order valence-electron chi connectivity index (χ2n) is 6.72. The van der Waals surface area contributed by atoms with Gasteiger partial charge in [-0.25, -0.2) is 9.59 Å². The molecule has 6 nitrogen and oxygen atoms in total. The minimum Gasteiger partial charge on any atom is -0.492 e. The van der Waals surface area contributed by atoms with Crippen molar-refractivity contribution in [2.75, 3.05) is 26.9 Å². The van der Waals surface area contributed by atoms with Gasteiger partial charge in [0.1, 0.15) is 18.1 Å². The molecule has 156 valence electrons. The van der Waals surface area contributed by atoms with Gasteiger partial charge in [0.25, 0.3) is 0 Å². The van der Waals surface area contributed by atoms with E-state index in [9.17, 15) is 9.59 Å². The Morgan fingerprint density at radius 3 is 2.41 bits per heavy atom. The summed E-state index contributed by atoms with van der Waals surface area (Å²) in [4.78, 5) is 24.5. The molecule has 2 aromatic rings. The molecule has 2 aromatic carbocycles. The Balaban J connectivity index is 2.00. The van der Waals surface area contributed by atoms with Crippen molar-refractivity contribution in [3.05, 3.63) is 58.1 Å². The first-order valence-corrected chi connectivity index (χ1v) is 10.1. The molecule has 0 fully saturated rings. The van der Waals surface area contributed by atoms with Crippen molar-refractivity contribution in [1.29, 1.82) is 0 Å². The lowest BCUT2D eigenvalue weighted by Crippen LogP contribution is -2.11. The summed E-state index contributed by atoms with van der Waals surface area (Å²) in [5.74, 6) is 0.429. The molecule has 0 N–H and O–H groups in total. The lowest BCUT2D eigenvalue weighted by Gasteiger charge is -2.11. The maximum absolute atomic E-state index is 12.5. The number of rotatable bonds is 10. The summed E-state index contributed by atoms with van der Waals surface area (Å²) in [6.07, 6.45) is 0.945. The van der Waals surface area contributed by atoms with Crippen molar-refractivity contribution in [3.63, 3.8) is 0 Å². The molecule has 29 heavy (non-hydrogen) atoms. The van der Waals surface area contributed by atoms with E-state index in [1.54, 1.807) is 36.4 Å². The van der Waals surface area contributed by atoms with E-state index in [4.69, 9.17) is 18.9 Å². The lowest BCUT2D eigenvalue weighted by molar-refractivity contribution is 0.0387.